The van der Waals surface area contributed by atoms with Gasteiger partial charge >= 0.3 is 5.97 Å². The molecule has 5 rings (SSSR count). The highest BCUT2D eigenvalue weighted by Crippen LogP contribution is 2.47. The lowest BCUT2D eigenvalue weighted by atomic mass is 9.77. The predicted octanol–water partition coefficient (Wildman–Crippen LogP) is 4.85. The topological polar surface area (TPSA) is 158 Å². The fourth-order valence-corrected chi connectivity index (χ4v) is 8.56. The molecule has 14 heteroatoms. The molecule has 1 saturated heterocycles. The Kier molecular flexibility index (Phi) is 9.45. The number of sulfone groups is 1. The number of ether oxygens (including phenoxy) is 3. The molecule has 0 unspecified atom stereocenters. The first kappa shape index (κ1) is 34.4. The molecule has 0 spiro atoms. The van der Waals surface area contributed by atoms with Crippen LogP contribution < -0.4 is 14.8 Å². The number of benzene rings is 1. The van der Waals surface area contributed by atoms with Crippen LogP contribution >= 0.6 is 11.6 Å². The lowest BCUT2D eigenvalue weighted by Crippen LogP contribution is -2.55. The van der Waals surface area contributed by atoms with Gasteiger partial charge in [0.1, 0.15) is 34.8 Å². The van der Waals surface area contributed by atoms with E-state index in [2.05, 4.69) is 16.9 Å². The van der Waals surface area contributed by atoms with E-state index in [1.807, 2.05) is 0 Å². The second-order valence-corrected chi connectivity index (χ2v) is 18.1. The first-order chi connectivity index (χ1) is 24.9. The Labute approximate surface area is 308 Å². The number of hydrogen-bond acceptors (Lipinski definition) is 10. The first-order valence-electron chi connectivity index (χ1n) is 18.4. The molecule has 2 saturated carbocycles. The smallest absolute Gasteiger partial charge is 0.307 e. The van der Waals surface area contributed by atoms with Crippen LogP contribution in [0.5, 0.6) is 11.6 Å². The Hall–Kier alpha value is -3.71. The number of esters is 1. The average Bonchev–Trinajstić information content (AvgIpc) is 3.99. The number of methoxy groups -OCH3 is 1. The summed E-state index contributed by atoms with van der Waals surface area (Å²) in [5.41, 5.74) is -4.21. The van der Waals surface area contributed by atoms with Crippen LogP contribution in [-0.2, 0) is 33.8 Å². The standard InChI is InChI=1S/C37H48ClN3O9S/c1-9-21-17-37(21,30(42)20-51(46,47)24-11-12-24)40-32(44)28-15-23(49-33-26-14-22(38)10-13-25(26)29(48-8)18-39-33)19-41(28)34(45)27(35(2,3)4)16-31(43)50-36(5,6)7/h9-10,13-14,18,21,23-24,27-28H,1,11-12,15-17,19-20H2,2-8H3,(H,40,44)/t21-,23-,27-,28+,37-/m1/s1/i5D3. The molecule has 2 aromatic rings. The SMILES string of the molecule is [2H]C([2H])([2H])C(C)(C)OC(=O)C[C@H](C(=O)N1C[C@H](Oc2ncc(OC)c3ccc(Cl)cc23)C[C@H]1C(=O)N[C@]1(C(=O)CS(=O)(=O)C2CC2)C[C@H]1C=C)C(C)(C)C. The van der Waals surface area contributed by atoms with Crippen molar-refractivity contribution in [2.75, 3.05) is 19.4 Å². The summed E-state index contributed by atoms with van der Waals surface area (Å²) in [6.07, 6.45) is 2.75. The number of pyridine rings is 1. The highest BCUT2D eigenvalue weighted by atomic mass is 35.5. The van der Waals surface area contributed by atoms with Crippen molar-refractivity contribution in [1.29, 1.82) is 0 Å². The molecule has 5 atom stereocenters. The van der Waals surface area contributed by atoms with E-state index in [4.69, 9.17) is 29.9 Å². The Morgan fingerprint density at radius 3 is 2.49 bits per heavy atom. The monoisotopic (exact) mass is 748 g/mol. The van der Waals surface area contributed by atoms with Crippen LogP contribution in [0.15, 0.2) is 37.1 Å². The number of nitrogens with zero attached hydrogens (tertiary/aromatic N) is 2. The van der Waals surface area contributed by atoms with Gasteiger partial charge in [0, 0.05) is 32.2 Å². The van der Waals surface area contributed by atoms with Crippen molar-refractivity contribution in [1.82, 2.24) is 15.2 Å². The van der Waals surface area contributed by atoms with E-state index in [1.165, 1.54) is 38.1 Å². The van der Waals surface area contributed by atoms with Crippen molar-refractivity contribution in [3.8, 4) is 11.6 Å². The summed E-state index contributed by atoms with van der Waals surface area (Å²) in [6.45, 7) is 8.75. The average molecular weight is 749 g/mol. The van der Waals surface area contributed by atoms with Crippen molar-refractivity contribution in [2.24, 2.45) is 17.3 Å². The van der Waals surface area contributed by atoms with Crippen LogP contribution in [0.2, 0.25) is 5.02 Å². The summed E-state index contributed by atoms with van der Waals surface area (Å²) in [5, 5.41) is 3.82. The van der Waals surface area contributed by atoms with Gasteiger partial charge in [-0.15, -0.1) is 6.58 Å². The fraction of sp³-hybridized carbons (Fsp3) is 0.595. The molecule has 1 aliphatic heterocycles. The maximum absolute atomic E-state index is 14.6. The number of halogens is 1. The number of amides is 2. The maximum Gasteiger partial charge on any atom is 0.307 e. The molecule has 278 valence electrons. The van der Waals surface area contributed by atoms with Crippen LogP contribution in [0.25, 0.3) is 10.8 Å². The number of nitrogens with one attached hydrogen (secondary N) is 1. The Morgan fingerprint density at radius 2 is 1.90 bits per heavy atom. The van der Waals surface area contributed by atoms with Crippen molar-refractivity contribution >= 4 is 55.8 Å². The van der Waals surface area contributed by atoms with Gasteiger partial charge in [-0.3, -0.25) is 19.2 Å². The fourth-order valence-electron chi connectivity index (χ4n) is 6.68. The minimum Gasteiger partial charge on any atom is -0.494 e. The molecule has 1 N–H and O–H groups in total. The van der Waals surface area contributed by atoms with Crippen LogP contribution in [-0.4, -0.2) is 89.8 Å². The summed E-state index contributed by atoms with van der Waals surface area (Å²) in [7, 11) is -2.20. The largest absolute Gasteiger partial charge is 0.494 e. The second-order valence-electron chi connectivity index (χ2n) is 15.3. The Morgan fingerprint density at radius 1 is 1.20 bits per heavy atom. The van der Waals surface area contributed by atoms with Gasteiger partial charge < -0.3 is 24.4 Å². The van der Waals surface area contributed by atoms with Gasteiger partial charge in [-0.1, -0.05) is 38.4 Å². The molecular formula is C37H48ClN3O9S. The quantitative estimate of drug-likeness (QED) is 0.222. The predicted molar refractivity (Wildman–Crippen MR) is 192 cm³/mol. The summed E-state index contributed by atoms with van der Waals surface area (Å²) in [6, 6.07) is 3.87. The summed E-state index contributed by atoms with van der Waals surface area (Å²) in [4.78, 5) is 61.5. The van der Waals surface area contributed by atoms with Crippen LogP contribution in [0.3, 0.4) is 0 Å². The zero-order chi connectivity index (χ0) is 40.2. The van der Waals surface area contributed by atoms with Crippen LogP contribution in [0.4, 0.5) is 0 Å². The molecule has 12 nitrogen and oxygen atoms in total. The van der Waals surface area contributed by atoms with Gasteiger partial charge in [-0.05, 0) is 63.6 Å². The van der Waals surface area contributed by atoms with Crippen molar-refractivity contribution in [2.45, 2.75) is 102 Å². The molecule has 2 aliphatic carbocycles. The minimum atomic E-state index is -3.70. The molecule has 2 heterocycles. The van der Waals surface area contributed by atoms with Gasteiger partial charge in [-0.2, -0.15) is 0 Å². The van der Waals surface area contributed by atoms with E-state index in [1.54, 1.807) is 39.0 Å². The second kappa shape index (κ2) is 14.0. The van der Waals surface area contributed by atoms with E-state index in [0.717, 1.165) is 0 Å². The number of hydrogen-bond donors (Lipinski definition) is 1. The lowest BCUT2D eigenvalue weighted by Gasteiger charge is -2.35. The number of fused-ring (bicyclic) bond motifs is 1. The van der Waals surface area contributed by atoms with E-state index in [0.29, 0.717) is 34.4 Å². The number of aromatic nitrogens is 1. The number of carbonyl (C=O) groups excluding carboxylic acids is 4. The number of ketones is 1. The Bertz CT molecular complexity index is 1960. The third-order valence-corrected chi connectivity index (χ3v) is 12.1. The minimum absolute atomic E-state index is 0.0515. The van der Waals surface area contributed by atoms with Crippen molar-refractivity contribution in [3.63, 3.8) is 0 Å². The zero-order valence-electron chi connectivity index (χ0n) is 32.8. The number of carbonyl (C=O) groups is 4. The highest BCUT2D eigenvalue weighted by Gasteiger charge is 2.61. The summed E-state index contributed by atoms with van der Waals surface area (Å²) >= 11 is 6.32. The molecule has 51 heavy (non-hydrogen) atoms. The van der Waals surface area contributed by atoms with Gasteiger partial charge in [0.2, 0.25) is 17.7 Å². The van der Waals surface area contributed by atoms with Gasteiger partial charge in [0.15, 0.2) is 15.6 Å². The molecule has 1 aromatic carbocycles. The zero-order valence-corrected chi connectivity index (χ0v) is 31.4. The lowest BCUT2D eigenvalue weighted by molar-refractivity contribution is -0.161. The summed E-state index contributed by atoms with van der Waals surface area (Å²) in [5.74, 6) is -4.53. The molecule has 0 bridgehead atoms. The number of Topliss-reactive ketones (excluding diaryl/α,β-unsaturated/α-hetero) is 1. The molecule has 3 aliphatic rings. The molecule has 0 radical (unpaired) electrons. The van der Waals surface area contributed by atoms with Crippen molar-refractivity contribution < 1.29 is 45.9 Å². The highest BCUT2D eigenvalue weighted by molar-refractivity contribution is 7.93. The third-order valence-electron chi connectivity index (χ3n) is 9.71. The van der Waals surface area contributed by atoms with E-state index in [-0.39, 0.29) is 25.3 Å². The van der Waals surface area contributed by atoms with Gasteiger partial charge in [-0.25, -0.2) is 13.4 Å². The summed E-state index contributed by atoms with van der Waals surface area (Å²) < 4.78 is 66.1. The maximum atomic E-state index is 14.6. The van der Waals surface area contributed by atoms with Crippen LogP contribution in [0.1, 0.15) is 77.7 Å². The number of rotatable bonds is 13. The molecular weight excluding hydrogens is 698 g/mol. The number of likely N-dealkylation sites (tertiary alicyclic amines) is 1. The Balaban J connectivity index is 1.47. The molecule has 1 aromatic heterocycles. The third kappa shape index (κ3) is 8.51. The molecule has 3 fully saturated rings. The van der Waals surface area contributed by atoms with E-state index >= 15 is 0 Å². The van der Waals surface area contributed by atoms with Crippen molar-refractivity contribution in [3.05, 3.63) is 42.1 Å². The molecule has 2 amide bonds. The first-order valence-corrected chi connectivity index (χ1v) is 19.0. The normalized spacial score (nSPS) is 25.2. The van der Waals surface area contributed by atoms with E-state index in [9.17, 15) is 27.6 Å². The van der Waals surface area contributed by atoms with Gasteiger partial charge in [0.05, 0.1) is 37.4 Å². The van der Waals surface area contributed by atoms with Crippen LogP contribution in [0, 0.1) is 17.3 Å². The van der Waals surface area contributed by atoms with E-state index < -0.39 is 98.2 Å². The van der Waals surface area contributed by atoms with Gasteiger partial charge in [0.25, 0.3) is 0 Å².